The fraction of sp³-hybridized carbons (Fsp3) is 0.500. The Hall–Kier alpha value is -1.84. The molecule has 0 spiro atoms. The number of aryl methyl sites for hydroxylation is 1. The molecule has 4 heteroatoms. The molecule has 0 aromatic heterocycles. The number of carbonyl (C=O) groups is 2. The quantitative estimate of drug-likeness (QED) is 0.922. The third-order valence-electron chi connectivity index (χ3n) is 3.98. The van der Waals surface area contributed by atoms with Gasteiger partial charge in [-0.25, -0.2) is 0 Å². The number of amides is 1. The molecule has 0 bridgehead atoms. The molecular weight excluding hydrogens is 254 g/mol. The predicted molar refractivity (Wildman–Crippen MR) is 78.1 cm³/mol. The first kappa shape index (κ1) is 14.6. The lowest BCUT2D eigenvalue weighted by Gasteiger charge is -2.25. The van der Waals surface area contributed by atoms with E-state index < -0.39 is 5.97 Å². The van der Waals surface area contributed by atoms with Crippen molar-refractivity contribution in [3.63, 3.8) is 0 Å². The van der Waals surface area contributed by atoms with Gasteiger partial charge in [-0.3, -0.25) is 9.59 Å². The predicted octanol–water partition coefficient (Wildman–Crippen LogP) is 2.95. The molecule has 108 valence electrons. The summed E-state index contributed by atoms with van der Waals surface area (Å²) in [5, 5.41) is 9.10. The first-order valence-corrected chi connectivity index (χ1v) is 7.16. The van der Waals surface area contributed by atoms with Crippen LogP contribution in [-0.4, -0.2) is 23.5 Å². The van der Waals surface area contributed by atoms with Gasteiger partial charge in [0.05, 0.1) is 12.1 Å². The zero-order valence-electron chi connectivity index (χ0n) is 12.1. The van der Waals surface area contributed by atoms with Crippen LogP contribution in [0.2, 0.25) is 0 Å². The van der Waals surface area contributed by atoms with Crippen molar-refractivity contribution in [2.24, 2.45) is 0 Å². The van der Waals surface area contributed by atoms with E-state index in [0.717, 1.165) is 36.1 Å². The first-order chi connectivity index (χ1) is 9.54. The molecule has 1 N–H and O–H groups in total. The van der Waals surface area contributed by atoms with Gasteiger partial charge in [0.25, 0.3) is 0 Å². The van der Waals surface area contributed by atoms with Crippen molar-refractivity contribution in [1.82, 2.24) is 0 Å². The second-order valence-corrected chi connectivity index (χ2v) is 5.32. The van der Waals surface area contributed by atoms with E-state index in [4.69, 9.17) is 5.11 Å². The van der Waals surface area contributed by atoms with Crippen LogP contribution in [0.4, 0.5) is 5.69 Å². The van der Waals surface area contributed by atoms with Crippen molar-refractivity contribution in [2.75, 3.05) is 11.4 Å². The Labute approximate surface area is 119 Å². The summed E-state index contributed by atoms with van der Waals surface area (Å²) in [6, 6.07) is 5.97. The summed E-state index contributed by atoms with van der Waals surface area (Å²) in [6.07, 6.45) is 2.63. The molecule has 1 aliphatic rings. The van der Waals surface area contributed by atoms with Crippen LogP contribution in [0.3, 0.4) is 0 Å². The fourth-order valence-electron chi connectivity index (χ4n) is 3.06. The molecule has 0 saturated heterocycles. The van der Waals surface area contributed by atoms with E-state index in [9.17, 15) is 9.59 Å². The van der Waals surface area contributed by atoms with Gasteiger partial charge in [0.2, 0.25) is 5.91 Å². The van der Waals surface area contributed by atoms with E-state index in [1.807, 2.05) is 23.1 Å². The Kier molecular flexibility index (Phi) is 4.42. The summed E-state index contributed by atoms with van der Waals surface area (Å²) < 4.78 is 0. The van der Waals surface area contributed by atoms with Gasteiger partial charge in [-0.15, -0.1) is 0 Å². The number of aliphatic carboxylic acids is 1. The summed E-state index contributed by atoms with van der Waals surface area (Å²) >= 11 is 0. The molecule has 1 aromatic rings. The molecule has 1 aromatic carbocycles. The largest absolute Gasteiger partial charge is 0.481 e. The van der Waals surface area contributed by atoms with Crippen molar-refractivity contribution in [2.45, 2.75) is 45.4 Å². The Morgan fingerprint density at radius 1 is 1.40 bits per heavy atom. The lowest BCUT2D eigenvalue weighted by atomic mass is 9.89. The van der Waals surface area contributed by atoms with Crippen molar-refractivity contribution < 1.29 is 14.7 Å². The molecule has 2 rings (SSSR count). The highest BCUT2D eigenvalue weighted by Crippen LogP contribution is 2.38. The minimum atomic E-state index is -0.779. The lowest BCUT2D eigenvalue weighted by Crippen LogP contribution is -2.30. The smallest absolute Gasteiger partial charge is 0.303 e. The topological polar surface area (TPSA) is 57.6 Å². The summed E-state index contributed by atoms with van der Waals surface area (Å²) in [5.41, 5.74) is 3.08. The van der Waals surface area contributed by atoms with Crippen molar-refractivity contribution in [1.29, 1.82) is 0 Å². The van der Waals surface area contributed by atoms with Crippen LogP contribution in [0.5, 0.6) is 0 Å². The Bertz CT molecular complexity index is 524. The number of carboxylic acids is 1. The third kappa shape index (κ3) is 2.84. The van der Waals surface area contributed by atoms with Crippen LogP contribution in [0.15, 0.2) is 18.2 Å². The second kappa shape index (κ2) is 6.07. The van der Waals surface area contributed by atoms with Gasteiger partial charge >= 0.3 is 5.97 Å². The summed E-state index contributed by atoms with van der Waals surface area (Å²) in [7, 11) is 0. The highest BCUT2D eigenvalue weighted by molar-refractivity contribution is 5.93. The van der Waals surface area contributed by atoms with Crippen molar-refractivity contribution in [3.8, 4) is 0 Å². The average Bonchev–Trinajstić information content (AvgIpc) is 2.58. The Morgan fingerprint density at radius 2 is 2.15 bits per heavy atom. The van der Waals surface area contributed by atoms with Crippen LogP contribution in [0.1, 0.15) is 50.2 Å². The molecule has 0 fully saturated rings. The molecule has 1 unspecified atom stereocenters. The number of hydrogen-bond donors (Lipinski definition) is 1. The molecule has 1 aliphatic heterocycles. The van der Waals surface area contributed by atoms with E-state index in [1.54, 1.807) is 6.92 Å². The van der Waals surface area contributed by atoms with Gasteiger partial charge in [0, 0.05) is 13.5 Å². The molecular formula is C16H21NO3. The number of nitrogens with zero attached hydrogens (tertiary/aromatic N) is 1. The second-order valence-electron chi connectivity index (χ2n) is 5.32. The van der Waals surface area contributed by atoms with Gasteiger partial charge in [-0.2, -0.15) is 0 Å². The SMILES string of the molecule is CCc1cccc2c1N(C(C)=O)CCCC2CC(=O)O. The summed E-state index contributed by atoms with van der Waals surface area (Å²) in [4.78, 5) is 24.8. The Balaban J connectivity index is 2.54. The van der Waals surface area contributed by atoms with Crippen molar-refractivity contribution >= 4 is 17.6 Å². The lowest BCUT2D eigenvalue weighted by molar-refractivity contribution is -0.137. The number of rotatable bonds is 3. The van der Waals surface area contributed by atoms with E-state index >= 15 is 0 Å². The number of hydrogen-bond acceptors (Lipinski definition) is 2. The van der Waals surface area contributed by atoms with Crippen LogP contribution in [0.25, 0.3) is 0 Å². The van der Waals surface area contributed by atoms with Crippen LogP contribution >= 0.6 is 0 Å². The molecule has 1 heterocycles. The van der Waals surface area contributed by atoms with Crippen molar-refractivity contribution in [3.05, 3.63) is 29.3 Å². The van der Waals surface area contributed by atoms with Gasteiger partial charge < -0.3 is 10.0 Å². The monoisotopic (exact) mass is 275 g/mol. The zero-order chi connectivity index (χ0) is 14.7. The van der Waals surface area contributed by atoms with Gasteiger partial charge in [-0.05, 0) is 36.3 Å². The minimum absolute atomic E-state index is 0.00153. The van der Waals surface area contributed by atoms with Gasteiger partial charge in [0.1, 0.15) is 0 Å². The van der Waals surface area contributed by atoms with E-state index in [-0.39, 0.29) is 18.2 Å². The number of carboxylic acid groups (broad SMARTS) is 1. The number of carbonyl (C=O) groups excluding carboxylic acids is 1. The maximum atomic E-state index is 11.9. The Morgan fingerprint density at radius 3 is 2.75 bits per heavy atom. The zero-order valence-corrected chi connectivity index (χ0v) is 12.1. The average molecular weight is 275 g/mol. The number of anilines is 1. The molecule has 1 amide bonds. The normalized spacial score (nSPS) is 18.3. The number of benzene rings is 1. The highest BCUT2D eigenvalue weighted by Gasteiger charge is 2.27. The molecule has 0 radical (unpaired) electrons. The van der Waals surface area contributed by atoms with Gasteiger partial charge in [0.15, 0.2) is 0 Å². The fourth-order valence-corrected chi connectivity index (χ4v) is 3.06. The standard InChI is InChI=1S/C16H21NO3/c1-3-12-6-4-8-14-13(10-15(19)20)7-5-9-17(11(2)18)16(12)14/h4,6,8,13H,3,5,7,9-10H2,1-2H3,(H,19,20). The van der Waals surface area contributed by atoms with Crippen LogP contribution in [-0.2, 0) is 16.0 Å². The van der Waals surface area contributed by atoms with Crippen LogP contribution < -0.4 is 4.90 Å². The third-order valence-corrected chi connectivity index (χ3v) is 3.98. The molecule has 0 aliphatic carbocycles. The maximum absolute atomic E-state index is 11.9. The van der Waals surface area contributed by atoms with E-state index in [2.05, 4.69) is 6.92 Å². The first-order valence-electron chi connectivity index (χ1n) is 7.16. The van der Waals surface area contributed by atoms with Gasteiger partial charge in [-0.1, -0.05) is 25.1 Å². The molecule has 4 nitrogen and oxygen atoms in total. The molecule has 1 atom stereocenters. The molecule has 0 saturated carbocycles. The maximum Gasteiger partial charge on any atom is 0.303 e. The van der Waals surface area contributed by atoms with E-state index in [1.165, 1.54) is 0 Å². The summed E-state index contributed by atoms with van der Waals surface area (Å²) in [5.74, 6) is -0.749. The highest BCUT2D eigenvalue weighted by atomic mass is 16.4. The molecule has 20 heavy (non-hydrogen) atoms. The minimum Gasteiger partial charge on any atom is -0.481 e. The number of para-hydroxylation sites is 1. The number of fused-ring (bicyclic) bond motifs is 1. The van der Waals surface area contributed by atoms with E-state index in [0.29, 0.717) is 6.54 Å². The summed E-state index contributed by atoms with van der Waals surface area (Å²) in [6.45, 7) is 4.31. The van der Waals surface area contributed by atoms with Crippen LogP contribution in [0, 0.1) is 0 Å².